The molecule has 1 aliphatic heterocycles. The molecular formula is C22H14BrN3O3S. The highest BCUT2D eigenvalue weighted by atomic mass is 79.9. The lowest BCUT2D eigenvalue weighted by Gasteiger charge is -2.15. The molecule has 6 nitrogen and oxygen atoms in total. The Morgan fingerprint density at radius 3 is 2.10 bits per heavy atom. The number of carbonyl (C=O) groups is 3. The lowest BCUT2D eigenvalue weighted by atomic mass is 10.1. The molecule has 2 N–H and O–H groups in total. The topological polar surface area (TPSA) is 78.5 Å². The number of nitrogens with one attached hydrogen (secondary N) is 2. The van der Waals surface area contributed by atoms with E-state index in [1.54, 1.807) is 66.7 Å². The Morgan fingerprint density at radius 1 is 0.867 bits per heavy atom. The standard InChI is InChI=1S/C22H14BrN3O3S/c23-14-5-3-4-13(12-14)19(27)25-22(30)24-15-8-10-16(11-9-15)26-20(28)17-6-1-2-7-18(17)21(26)29/h1-12H,(H2,24,25,27,30). The van der Waals surface area contributed by atoms with Gasteiger partial charge in [0.2, 0.25) is 0 Å². The van der Waals surface area contributed by atoms with Crippen molar-refractivity contribution < 1.29 is 14.4 Å². The zero-order valence-corrected chi connectivity index (χ0v) is 17.8. The first kappa shape index (κ1) is 19.9. The van der Waals surface area contributed by atoms with E-state index in [9.17, 15) is 14.4 Å². The molecule has 0 radical (unpaired) electrons. The molecule has 1 heterocycles. The summed E-state index contributed by atoms with van der Waals surface area (Å²) in [7, 11) is 0. The van der Waals surface area contributed by atoms with E-state index >= 15 is 0 Å². The molecule has 3 aromatic rings. The highest BCUT2D eigenvalue weighted by molar-refractivity contribution is 9.10. The molecule has 3 aromatic carbocycles. The molecule has 1 aliphatic rings. The first-order valence-electron chi connectivity index (χ1n) is 8.90. The summed E-state index contributed by atoms with van der Waals surface area (Å²) in [6.45, 7) is 0. The van der Waals surface area contributed by atoms with E-state index in [4.69, 9.17) is 12.2 Å². The van der Waals surface area contributed by atoms with E-state index in [1.165, 1.54) is 0 Å². The largest absolute Gasteiger partial charge is 0.332 e. The van der Waals surface area contributed by atoms with Crippen LogP contribution in [0.2, 0.25) is 0 Å². The number of imide groups is 1. The maximum absolute atomic E-state index is 12.6. The molecule has 8 heteroatoms. The van der Waals surface area contributed by atoms with Gasteiger partial charge in [0, 0.05) is 15.7 Å². The second kappa shape index (κ2) is 8.17. The molecule has 0 bridgehead atoms. The Bertz CT molecular complexity index is 1160. The summed E-state index contributed by atoms with van der Waals surface area (Å²) >= 11 is 8.52. The Labute approximate surface area is 186 Å². The van der Waals surface area contributed by atoms with Gasteiger partial charge >= 0.3 is 0 Å². The van der Waals surface area contributed by atoms with Gasteiger partial charge in [-0.25, -0.2) is 4.90 Å². The number of carbonyl (C=O) groups excluding carboxylic acids is 3. The fourth-order valence-electron chi connectivity index (χ4n) is 3.08. The first-order valence-corrected chi connectivity index (χ1v) is 10.1. The quantitative estimate of drug-likeness (QED) is 0.430. The van der Waals surface area contributed by atoms with Gasteiger partial charge in [-0.1, -0.05) is 34.1 Å². The van der Waals surface area contributed by atoms with Gasteiger partial charge in [0.1, 0.15) is 0 Å². The van der Waals surface area contributed by atoms with Crippen LogP contribution in [0.25, 0.3) is 0 Å². The Kier molecular flexibility index (Phi) is 5.43. The first-order chi connectivity index (χ1) is 14.4. The molecular weight excluding hydrogens is 466 g/mol. The van der Waals surface area contributed by atoms with Crippen LogP contribution in [-0.2, 0) is 0 Å². The van der Waals surface area contributed by atoms with Crippen LogP contribution in [0.15, 0.2) is 77.3 Å². The van der Waals surface area contributed by atoms with Crippen LogP contribution >= 0.6 is 28.1 Å². The molecule has 148 valence electrons. The fraction of sp³-hybridized carbons (Fsp3) is 0. The van der Waals surface area contributed by atoms with Crippen molar-refractivity contribution in [3.8, 4) is 0 Å². The molecule has 0 spiro atoms. The third-order valence-electron chi connectivity index (χ3n) is 4.49. The number of nitrogens with zero attached hydrogens (tertiary/aromatic N) is 1. The van der Waals surface area contributed by atoms with E-state index in [2.05, 4.69) is 26.6 Å². The number of benzene rings is 3. The number of hydrogen-bond donors (Lipinski definition) is 2. The zero-order valence-electron chi connectivity index (χ0n) is 15.4. The van der Waals surface area contributed by atoms with Crippen LogP contribution < -0.4 is 15.5 Å². The normalized spacial score (nSPS) is 12.5. The number of hydrogen-bond acceptors (Lipinski definition) is 4. The molecule has 0 fully saturated rings. The third kappa shape index (κ3) is 3.87. The zero-order chi connectivity index (χ0) is 21.3. The summed E-state index contributed by atoms with van der Waals surface area (Å²) in [5.41, 5.74) is 2.31. The van der Waals surface area contributed by atoms with Gasteiger partial charge in [0.15, 0.2) is 5.11 Å². The maximum atomic E-state index is 12.6. The van der Waals surface area contributed by atoms with Crippen molar-refractivity contribution >= 4 is 62.4 Å². The molecule has 30 heavy (non-hydrogen) atoms. The van der Waals surface area contributed by atoms with Gasteiger partial charge in [-0.3, -0.25) is 19.7 Å². The molecule has 0 unspecified atom stereocenters. The monoisotopic (exact) mass is 479 g/mol. The highest BCUT2D eigenvalue weighted by Crippen LogP contribution is 2.29. The summed E-state index contributed by atoms with van der Waals surface area (Å²) in [4.78, 5) is 38.5. The number of anilines is 2. The van der Waals surface area contributed by atoms with E-state index in [0.717, 1.165) is 9.37 Å². The second-order valence-corrected chi connectivity index (χ2v) is 7.78. The number of halogens is 1. The minimum Gasteiger partial charge on any atom is -0.332 e. The molecule has 3 amide bonds. The Balaban J connectivity index is 1.43. The maximum Gasteiger partial charge on any atom is 0.266 e. The summed E-state index contributed by atoms with van der Waals surface area (Å²) in [5.74, 6) is -1.04. The van der Waals surface area contributed by atoms with Crippen LogP contribution in [0.4, 0.5) is 11.4 Å². The van der Waals surface area contributed by atoms with Crippen molar-refractivity contribution in [1.29, 1.82) is 0 Å². The second-order valence-electron chi connectivity index (χ2n) is 6.46. The van der Waals surface area contributed by atoms with Crippen molar-refractivity contribution in [2.24, 2.45) is 0 Å². The van der Waals surface area contributed by atoms with Crippen LogP contribution in [-0.4, -0.2) is 22.8 Å². The van der Waals surface area contributed by atoms with Gasteiger partial charge in [-0.05, 0) is 66.8 Å². The fourth-order valence-corrected chi connectivity index (χ4v) is 3.69. The van der Waals surface area contributed by atoms with E-state index < -0.39 is 0 Å². The molecule has 4 rings (SSSR count). The van der Waals surface area contributed by atoms with Crippen molar-refractivity contribution in [2.45, 2.75) is 0 Å². The third-order valence-corrected chi connectivity index (χ3v) is 5.19. The number of fused-ring (bicyclic) bond motifs is 1. The number of rotatable bonds is 3. The minimum absolute atomic E-state index is 0.133. The van der Waals surface area contributed by atoms with Crippen LogP contribution in [0.3, 0.4) is 0 Å². The number of thiocarbonyl (C=S) groups is 1. The lowest BCUT2D eigenvalue weighted by molar-refractivity contribution is 0.0923. The molecule has 0 saturated heterocycles. The molecule has 0 saturated carbocycles. The average molecular weight is 480 g/mol. The summed E-state index contributed by atoms with van der Waals surface area (Å²) in [6, 6.07) is 20.3. The Morgan fingerprint density at radius 2 is 1.50 bits per heavy atom. The van der Waals surface area contributed by atoms with Crippen molar-refractivity contribution in [3.05, 3.63) is 94.0 Å². The van der Waals surface area contributed by atoms with Gasteiger partial charge in [-0.15, -0.1) is 0 Å². The minimum atomic E-state index is -0.354. The summed E-state index contributed by atoms with van der Waals surface area (Å²) < 4.78 is 0.790. The van der Waals surface area contributed by atoms with Gasteiger partial charge in [-0.2, -0.15) is 0 Å². The van der Waals surface area contributed by atoms with Crippen LogP contribution in [0.5, 0.6) is 0 Å². The predicted molar refractivity (Wildman–Crippen MR) is 122 cm³/mol. The predicted octanol–water partition coefficient (Wildman–Crippen LogP) is 4.38. The van der Waals surface area contributed by atoms with Crippen molar-refractivity contribution in [3.63, 3.8) is 0 Å². The van der Waals surface area contributed by atoms with E-state index in [0.29, 0.717) is 28.1 Å². The lowest BCUT2D eigenvalue weighted by Crippen LogP contribution is -2.34. The van der Waals surface area contributed by atoms with Gasteiger partial charge in [0.05, 0.1) is 16.8 Å². The SMILES string of the molecule is O=C(NC(=S)Nc1ccc(N2C(=O)c3ccccc3C2=O)cc1)c1cccc(Br)c1. The van der Waals surface area contributed by atoms with E-state index in [1.807, 2.05) is 6.07 Å². The van der Waals surface area contributed by atoms with E-state index in [-0.39, 0.29) is 22.8 Å². The highest BCUT2D eigenvalue weighted by Gasteiger charge is 2.36. The van der Waals surface area contributed by atoms with Crippen molar-refractivity contribution in [2.75, 3.05) is 10.2 Å². The molecule has 0 aromatic heterocycles. The average Bonchev–Trinajstić information content (AvgIpc) is 2.99. The van der Waals surface area contributed by atoms with Gasteiger partial charge < -0.3 is 5.32 Å². The van der Waals surface area contributed by atoms with Crippen LogP contribution in [0.1, 0.15) is 31.1 Å². The molecule has 0 atom stereocenters. The Hall–Kier alpha value is -3.36. The molecule has 0 aliphatic carbocycles. The summed E-state index contributed by atoms with van der Waals surface area (Å²) in [5, 5.41) is 5.66. The summed E-state index contributed by atoms with van der Waals surface area (Å²) in [6.07, 6.45) is 0. The van der Waals surface area contributed by atoms with Crippen molar-refractivity contribution in [1.82, 2.24) is 5.32 Å². The van der Waals surface area contributed by atoms with Crippen LogP contribution in [0, 0.1) is 0 Å². The smallest absolute Gasteiger partial charge is 0.266 e. The number of amides is 3. The van der Waals surface area contributed by atoms with Gasteiger partial charge in [0.25, 0.3) is 17.7 Å².